The van der Waals surface area contributed by atoms with E-state index in [1.54, 1.807) is 18.2 Å². The van der Waals surface area contributed by atoms with Crippen LogP contribution < -0.4 is 11.1 Å². The second-order valence-electron chi connectivity index (χ2n) is 8.36. The summed E-state index contributed by atoms with van der Waals surface area (Å²) in [6, 6.07) is 13.6. The average molecular weight is 460 g/mol. The van der Waals surface area contributed by atoms with E-state index in [1.165, 1.54) is 17.3 Å². The Balaban J connectivity index is 1.69. The van der Waals surface area contributed by atoms with E-state index in [9.17, 15) is 0 Å². The first kappa shape index (κ1) is 21.4. The van der Waals surface area contributed by atoms with Gasteiger partial charge in [0.1, 0.15) is 16.6 Å². The SMILES string of the molecule is CC1=NC(N)(c2ccc(C(C)(C)C)cc2)C2=NC(Nc3c(Cl)cccc3Cl)SC2=N1. The van der Waals surface area contributed by atoms with E-state index in [2.05, 4.69) is 48.2 Å². The number of aliphatic imine (C=N–C) groups is 3. The van der Waals surface area contributed by atoms with Crippen LogP contribution in [-0.2, 0) is 11.1 Å². The number of hydrogen-bond donors (Lipinski definition) is 2. The van der Waals surface area contributed by atoms with Crippen molar-refractivity contribution in [2.45, 2.75) is 44.3 Å². The zero-order chi connectivity index (χ0) is 21.7. The molecule has 2 aromatic carbocycles. The maximum absolute atomic E-state index is 6.84. The minimum absolute atomic E-state index is 0.0582. The summed E-state index contributed by atoms with van der Waals surface area (Å²) in [6.07, 6.45) is 0. The van der Waals surface area contributed by atoms with Crippen LogP contribution in [-0.4, -0.2) is 22.1 Å². The average Bonchev–Trinajstić information content (AvgIpc) is 3.07. The molecular weight excluding hydrogens is 437 g/mol. The van der Waals surface area contributed by atoms with Crippen molar-refractivity contribution in [3.63, 3.8) is 0 Å². The van der Waals surface area contributed by atoms with Crippen LogP contribution in [0.3, 0.4) is 0 Å². The number of para-hydroxylation sites is 1. The third kappa shape index (κ3) is 3.89. The first-order chi connectivity index (χ1) is 14.1. The predicted octanol–water partition coefficient (Wildman–Crippen LogP) is 5.82. The van der Waals surface area contributed by atoms with Crippen molar-refractivity contribution in [2.75, 3.05) is 5.32 Å². The molecule has 0 aliphatic carbocycles. The zero-order valence-corrected chi connectivity index (χ0v) is 19.5. The number of halogens is 2. The van der Waals surface area contributed by atoms with Crippen LogP contribution in [0.15, 0.2) is 57.4 Å². The molecule has 0 bridgehead atoms. The van der Waals surface area contributed by atoms with Gasteiger partial charge in [-0.1, -0.05) is 86.1 Å². The van der Waals surface area contributed by atoms with Crippen LogP contribution in [0.5, 0.6) is 0 Å². The lowest BCUT2D eigenvalue weighted by Crippen LogP contribution is -2.48. The Hall–Kier alpha value is -1.86. The molecule has 2 heterocycles. The topological polar surface area (TPSA) is 75.1 Å². The fourth-order valence-electron chi connectivity index (χ4n) is 3.43. The number of nitrogens with zero attached hydrogens (tertiary/aromatic N) is 3. The smallest absolute Gasteiger partial charge is 0.181 e. The van der Waals surface area contributed by atoms with E-state index in [0.29, 0.717) is 27.3 Å². The quantitative estimate of drug-likeness (QED) is 0.607. The molecule has 0 spiro atoms. The molecule has 2 aliphatic heterocycles. The van der Waals surface area contributed by atoms with Gasteiger partial charge < -0.3 is 5.32 Å². The molecule has 156 valence electrons. The number of thioether (sulfide) groups is 1. The van der Waals surface area contributed by atoms with Crippen LogP contribution in [0.1, 0.15) is 38.8 Å². The Labute approximate surface area is 190 Å². The molecule has 2 atom stereocenters. The summed E-state index contributed by atoms with van der Waals surface area (Å²) < 4.78 is 0. The maximum Gasteiger partial charge on any atom is 0.181 e. The van der Waals surface area contributed by atoms with Gasteiger partial charge in [0.15, 0.2) is 11.2 Å². The Morgan fingerprint density at radius 3 is 2.30 bits per heavy atom. The van der Waals surface area contributed by atoms with Gasteiger partial charge in [-0.2, -0.15) is 0 Å². The monoisotopic (exact) mass is 459 g/mol. The highest BCUT2D eigenvalue weighted by molar-refractivity contribution is 8.16. The van der Waals surface area contributed by atoms with E-state index < -0.39 is 5.66 Å². The summed E-state index contributed by atoms with van der Waals surface area (Å²) in [5.41, 5.74) is 8.83. The molecule has 3 N–H and O–H groups in total. The van der Waals surface area contributed by atoms with Crippen molar-refractivity contribution in [1.82, 2.24) is 0 Å². The minimum Gasteiger partial charge on any atom is -0.353 e. The van der Waals surface area contributed by atoms with Crippen molar-refractivity contribution >= 4 is 57.2 Å². The lowest BCUT2D eigenvalue weighted by atomic mass is 9.85. The molecule has 2 unspecified atom stereocenters. The third-order valence-electron chi connectivity index (χ3n) is 5.06. The number of hydrogen-bond acceptors (Lipinski definition) is 6. The van der Waals surface area contributed by atoms with E-state index in [-0.39, 0.29) is 10.9 Å². The van der Waals surface area contributed by atoms with Crippen molar-refractivity contribution in [3.8, 4) is 0 Å². The fourth-order valence-corrected chi connectivity index (χ4v) is 4.99. The molecule has 0 aromatic heterocycles. The van der Waals surface area contributed by atoms with Gasteiger partial charge in [-0.05, 0) is 30.0 Å². The van der Waals surface area contributed by atoms with E-state index in [1.807, 2.05) is 19.1 Å². The Kier molecular flexibility index (Phi) is 5.47. The number of benzene rings is 2. The van der Waals surface area contributed by atoms with Gasteiger partial charge in [-0.25, -0.2) is 15.0 Å². The predicted molar refractivity (Wildman–Crippen MR) is 130 cm³/mol. The normalized spacial score (nSPS) is 23.4. The third-order valence-corrected chi connectivity index (χ3v) is 6.64. The van der Waals surface area contributed by atoms with Crippen molar-refractivity contribution in [3.05, 3.63) is 63.6 Å². The van der Waals surface area contributed by atoms with Gasteiger partial charge in [0.2, 0.25) is 0 Å². The Bertz CT molecular complexity index is 1070. The van der Waals surface area contributed by atoms with E-state index in [4.69, 9.17) is 33.9 Å². The Morgan fingerprint density at radius 2 is 1.70 bits per heavy atom. The molecule has 0 amide bonds. The molecule has 4 rings (SSSR count). The maximum atomic E-state index is 6.84. The van der Waals surface area contributed by atoms with Crippen LogP contribution in [0.2, 0.25) is 10.0 Å². The van der Waals surface area contributed by atoms with Crippen molar-refractivity contribution < 1.29 is 0 Å². The highest BCUT2D eigenvalue weighted by Gasteiger charge is 2.44. The van der Waals surface area contributed by atoms with Crippen LogP contribution >= 0.6 is 35.0 Å². The number of nitrogens with one attached hydrogen (secondary N) is 1. The molecule has 30 heavy (non-hydrogen) atoms. The van der Waals surface area contributed by atoms with Crippen LogP contribution in [0.4, 0.5) is 5.69 Å². The second kappa shape index (κ2) is 7.68. The van der Waals surface area contributed by atoms with Crippen LogP contribution in [0, 0.1) is 0 Å². The summed E-state index contributed by atoms with van der Waals surface area (Å²) in [5.74, 6) is 0.621. The van der Waals surface area contributed by atoms with Gasteiger partial charge in [0, 0.05) is 5.56 Å². The lowest BCUT2D eigenvalue weighted by molar-refractivity contribution is 0.587. The molecule has 0 saturated carbocycles. The van der Waals surface area contributed by atoms with Gasteiger partial charge in [0.25, 0.3) is 0 Å². The number of nitrogens with two attached hydrogens (primary N) is 1. The summed E-state index contributed by atoms with van der Waals surface area (Å²) in [6.45, 7) is 8.40. The molecule has 5 nitrogen and oxygen atoms in total. The van der Waals surface area contributed by atoms with Gasteiger partial charge in [0.05, 0.1) is 15.7 Å². The molecule has 0 fully saturated rings. The molecule has 2 aromatic rings. The lowest BCUT2D eigenvalue weighted by Gasteiger charge is -2.29. The first-order valence-electron chi connectivity index (χ1n) is 9.59. The second-order valence-corrected chi connectivity index (χ2v) is 10.2. The van der Waals surface area contributed by atoms with E-state index in [0.717, 1.165) is 10.6 Å². The number of rotatable bonds is 3. The van der Waals surface area contributed by atoms with Crippen molar-refractivity contribution in [2.24, 2.45) is 20.7 Å². The zero-order valence-electron chi connectivity index (χ0n) is 17.2. The van der Waals surface area contributed by atoms with Gasteiger partial charge >= 0.3 is 0 Å². The number of fused-ring (bicyclic) bond motifs is 1. The molecule has 8 heteroatoms. The van der Waals surface area contributed by atoms with Gasteiger partial charge in [-0.15, -0.1) is 0 Å². The summed E-state index contributed by atoms with van der Waals surface area (Å²) in [5, 5.41) is 5.11. The van der Waals surface area contributed by atoms with Crippen LogP contribution in [0.25, 0.3) is 0 Å². The van der Waals surface area contributed by atoms with Gasteiger partial charge in [-0.3, -0.25) is 5.73 Å². The molecule has 0 saturated heterocycles. The largest absolute Gasteiger partial charge is 0.353 e. The number of anilines is 1. The molecule has 2 aliphatic rings. The molecule has 0 radical (unpaired) electrons. The minimum atomic E-state index is -1.09. The standard InChI is InChI=1S/C22H23Cl2N5S/c1-12-26-19-18(28-20(30-19)27-17-15(23)6-5-7-16(17)24)22(25,29-12)14-10-8-13(9-11-14)21(2,3)4/h5-11,20,27H,25H2,1-4H3. The highest BCUT2D eigenvalue weighted by Crippen LogP contribution is 2.39. The highest BCUT2D eigenvalue weighted by atomic mass is 35.5. The fraction of sp³-hybridized carbons (Fsp3) is 0.318. The first-order valence-corrected chi connectivity index (χ1v) is 11.2. The summed E-state index contributed by atoms with van der Waals surface area (Å²) in [7, 11) is 0. The summed E-state index contributed by atoms with van der Waals surface area (Å²) in [4.78, 5) is 14.1. The Morgan fingerprint density at radius 1 is 1.07 bits per heavy atom. The molecular formula is C22H23Cl2N5S. The summed E-state index contributed by atoms with van der Waals surface area (Å²) >= 11 is 14.1. The van der Waals surface area contributed by atoms with Crippen molar-refractivity contribution in [1.29, 1.82) is 0 Å². The van der Waals surface area contributed by atoms with E-state index >= 15 is 0 Å². The number of amidine groups is 1.